The number of hydrogen-bond acceptors (Lipinski definition) is 6. The second-order valence-electron chi connectivity index (χ2n) is 6.94. The molecule has 0 bridgehead atoms. The molecule has 0 spiro atoms. The lowest BCUT2D eigenvalue weighted by Crippen LogP contribution is -2.23. The lowest BCUT2D eigenvalue weighted by Gasteiger charge is -2.15. The first-order valence-corrected chi connectivity index (χ1v) is 11.3. The lowest BCUT2D eigenvalue weighted by molar-refractivity contribution is -0.113. The van der Waals surface area contributed by atoms with Gasteiger partial charge in [0.15, 0.2) is 16.7 Å². The number of methoxy groups -OCH3 is 2. The van der Waals surface area contributed by atoms with Gasteiger partial charge < -0.3 is 14.8 Å². The molecule has 4 rings (SSSR count). The van der Waals surface area contributed by atoms with Crippen molar-refractivity contribution in [3.63, 3.8) is 0 Å². The number of carbonyl (C=O) groups excluding carboxylic acids is 1. The van der Waals surface area contributed by atoms with Gasteiger partial charge in [-0.05, 0) is 48.5 Å². The number of aromatic nitrogens is 2. The van der Waals surface area contributed by atoms with Crippen molar-refractivity contribution in [1.82, 2.24) is 9.55 Å². The predicted octanol–water partition coefficient (Wildman–Crippen LogP) is 4.79. The maximum atomic E-state index is 13.4. The second kappa shape index (κ2) is 9.97. The molecule has 0 aliphatic rings. The van der Waals surface area contributed by atoms with Crippen LogP contribution in [0.5, 0.6) is 11.5 Å². The highest BCUT2D eigenvalue weighted by Crippen LogP contribution is 2.30. The Labute approximate surface area is 199 Å². The Morgan fingerprint density at radius 1 is 1.03 bits per heavy atom. The number of benzene rings is 3. The molecule has 33 heavy (non-hydrogen) atoms. The molecule has 0 radical (unpaired) electrons. The monoisotopic (exact) mass is 481 g/mol. The summed E-state index contributed by atoms with van der Waals surface area (Å²) < 4.78 is 12.2. The van der Waals surface area contributed by atoms with Gasteiger partial charge in [-0.1, -0.05) is 35.5 Å². The van der Waals surface area contributed by atoms with Crippen molar-refractivity contribution >= 4 is 45.9 Å². The zero-order valence-electron chi connectivity index (χ0n) is 17.9. The molecular formula is C24H20ClN3O4S. The summed E-state index contributed by atoms with van der Waals surface area (Å²) in [5.41, 5.74) is 1.50. The van der Waals surface area contributed by atoms with E-state index < -0.39 is 0 Å². The number of para-hydroxylation sites is 1. The molecule has 1 N–H and O–H groups in total. The van der Waals surface area contributed by atoms with Crippen LogP contribution < -0.4 is 20.3 Å². The lowest BCUT2D eigenvalue weighted by atomic mass is 10.2. The molecule has 0 aliphatic carbocycles. The van der Waals surface area contributed by atoms with Crippen LogP contribution in [-0.2, 0) is 4.79 Å². The highest BCUT2D eigenvalue weighted by Gasteiger charge is 2.16. The van der Waals surface area contributed by atoms with Gasteiger partial charge in [-0.3, -0.25) is 14.2 Å². The van der Waals surface area contributed by atoms with E-state index in [9.17, 15) is 9.59 Å². The van der Waals surface area contributed by atoms with Gasteiger partial charge >= 0.3 is 0 Å². The van der Waals surface area contributed by atoms with E-state index in [0.29, 0.717) is 44.0 Å². The molecule has 0 unspecified atom stereocenters. The quantitative estimate of drug-likeness (QED) is 0.302. The number of ether oxygens (including phenoxy) is 2. The summed E-state index contributed by atoms with van der Waals surface area (Å²) in [6, 6.07) is 19.1. The molecule has 1 aromatic heterocycles. The van der Waals surface area contributed by atoms with Crippen LogP contribution in [0.3, 0.4) is 0 Å². The molecule has 168 valence electrons. The van der Waals surface area contributed by atoms with Crippen LogP contribution in [0.1, 0.15) is 0 Å². The van der Waals surface area contributed by atoms with Crippen molar-refractivity contribution in [2.24, 2.45) is 0 Å². The number of rotatable bonds is 7. The van der Waals surface area contributed by atoms with Crippen LogP contribution in [-0.4, -0.2) is 35.4 Å². The first-order chi connectivity index (χ1) is 16.0. The van der Waals surface area contributed by atoms with Crippen molar-refractivity contribution in [3.8, 4) is 17.2 Å². The van der Waals surface area contributed by atoms with Gasteiger partial charge in [0.05, 0.1) is 36.6 Å². The second-order valence-corrected chi connectivity index (χ2v) is 8.31. The molecule has 4 aromatic rings. The van der Waals surface area contributed by atoms with Crippen LogP contribution >= 0.6 is 23.4 Å². The minimum Gasteiger partial charge on any atom is -0.493 e. The van der Waals surface area contributed by atoms with Crippen LogP contribution in [0.4, 0.5) is 5.69 Å². The Balaban J connectivity index is 1.70. The first-order valence-electron chi connectivity index (χ1n) is 9.92. The molecule has 0 aliphatic heterocycles. The first kappa shape index (κ1) is 22.7. The molecule has 7 nitrogen and oxygen atoms in total. The summed E-state index contributed by atoms with van der Waals surface area (Å²) in [4.78, 5) is 30.6. The smallest absolute Gasteiger partial charge is 0.266 e. The highest BCUT2D eigenvalue weighted by atomic mass is 35.5. The fourth-order valence-electron chi connectivity index (χ4n) is 3.26. The van der Waals surface area contributed by atoms with Crippen molar-refractivity contribution in [1.29, 1.82) is 0 Å². The average Bonchev–Trinajstić information content (AvgIpc) is 2.84. The number of hydrogen-bond donors (Lipinski definition) is 1. The Hall–Kier alpha value is -3.49. The van der Waals surface area contributed by atoms with E-state index >= 15 is 0 Å². The van der Waals surface area contributed by atoms with Crippen LogP contribution in [0, 0.1) is 0 Å². The van der Waals surface area contributed by atoms with E-state index in [-0.39, 0.29) is 17.2 Å². The van der Waals surface area contributed by atoms with Crippen molar-refractivity contribution in [2.45, 2.75) is 5.16 Å². The standard InChI is InChI=1S/C24H20ClN3O4S/c1-31-20-12-11-17(13-21(20)32-2)28-23(30)18-5-3-4-6-19(18)27-24(28)33-14-22(29)26-16-9-7-15(25)8-10-16/h3-13H,14H2,1-2H3,(H,26,29). The van der Waals surface area contributed by atoms with E-state index in [4.69, 9.17) is 21.1 Å². The zero-order chi connectivity index (χ0) is 23.4. The fraction of sp³-hybridized carbons (Fsp3) is 0.125. The van der Waals surface area contributed by atoms with E-state index in [1.165, 1.54) is 23.4 Å². The van der Waals surface area contributed by atoms with Gasteiger partial charge in [-0.15, -0.1) is 0 Å². The van der Waals surface area contributed by atoms with E-state index in [1.54, 1.807) is 67.8 Å². The molecule has 0 fully saturated rings. The number of thioether (sulfide) groups is 1. The molecule has 1 heterocycles. The molecule has 0 atom stereocenters. The number of amides is 1. The summed E-state index contributed by atoms with van der Waals surface area (Å²) >= 11 is 7.06. The van der Waals surface area contributed by atoms with Crippen LogP contribution in [0.2, 0.25) is 5.02 Å². The molecule has 3 aromatic carbocycles. The van der Waals surface area contributed by atoms with Crippen molar-refractivity contribution < 1.29 is 14.3 Å². The third kappa shape index (κ3) is 4.97. The van der Waals surface area contributed by atoms with E-state index in [0.717, 1.165) is 0 Å². The Morgan fingerprint density at radius 3 is 2.48 bits per heavy atom. The summed E-state index contributed by atoms with van der Waals surface area (Å²) in [6.07, 6.45) is 0. The SMILES string of the molecule is COc1ccc(-n2c(SCC(=O)Nc3ccc(Cl)cc3)nc3ccccc3c2=O)cc1OC. The summed E-state index contributed by atoms with van der Waals surface area (Å²) in [5.74, 6) is 0.843. The van der Waals surface area contributed by atoms with Gasteiger partial charge in [-0.2, -0.15) is 0 Å². The van der Waals surface area contributed by atoms with E-state index in [1.807, 2.05) is 6.07 Å². The Kier molecular flexibility index (Phi) is 6.86. The Morgan fingerprint density at radius 2 is 1.76 bits per heavy atom. The van der Waals surface area contributed by atoms with Crippen molar-refractivity contribution in [3.05, 3.63) is 82.1 Å². The third-order valence-electron chi connectivity index (χ3n) is 4.83. The number of halogens is 1. The average molecular weight is 482 g/mol. The number of nitrogens with zero attached hydrogens (tertiary/aromatic N) is 2. The minimum atomic E-state index is -0.242. The molecule has 0 saturated heterocycles. The summed E-state index contributed by atoms with van der Waals surface area (Å²) in [5, 5.41) is 4.26. The zero-order valence-corrected chi connectivity index (χ0v) is 19.4. The predicted molar refractivity (Wildman–Crippen MR) is 131 cm³/mol. The molecule has 1 amide bonds. The molecular weight excluding hydrogens is 462 g/mol. The van der Waals surface area contributed by atoms with Gasteiger partial charge in [0.1, 0.15) is 0 Å². The highest BCUT2D eigenvalue weighted by molar-refractivity contribution is 7.99. The molecule has 0 saturated carbocycles. The third-order valence-corrected chi connectivity index (χ3v) is 6.02. The summed E-state index contributed by atoms with van der Waals surface area (Å²) in [7, 11) is 3.07. The van der Waals surface area contributed by atoms with Gasteiger partial charge in [-0.25, -0.2) is 4.98 Å². The number of anilines is 1. The normalized spacial score (nSPS) is 10.8. The van der Waals surface area contributed by atoms with Gasteiger partial charge in [0.2, 0.25) is 5.91 Å². The Bertz CT molecular complexity index is 1370. The summed E-state index contributed by atoms with van der Waals surface area (Å²) in [6.45, 7) is 0. The molecule has 9 heteroatoms. The van der Waals surface area contributed by atoms with Gasteiger partial charge in [0.25, 0.3) is 5.56 Å². The fourth-order valence-corrected chi connectivity index (χ4v) is 4.20. The number of carbonyl (C=O) groups is 1. The van der Waals surface area contributed by atoms with Crippen molar-refractivity contribution in [2.75, 3.05) is 25.3 Å². The van der Waals surface area contributed by atoms with Crippen LogP contribution in [0.15, 0.2) is 76.7 Å². The van der Waals surface area contributed by atoms with Crippen LogP contribution in [0.25, 0.3) is 16.6 Å². The van der Waals surface area contributed by atoms with E-state index in [2.05, 4.69) is 10.3 Å². The largest absolute Gasteiger partial charge is 0.493 e. The van der Waals surface area contributed by atoms with Gasteiger partial charge in [0, 0.05) is 16.8 Å². The topological polar surface area (TPSA) is 82.5 Å². The number of fused-ring (bicyclic) bond motifs is 1. The number of nitrogens with one attached hydrogen (secondary N) is 1. The maximum Gasteiger partial charge on any atom is 0.266 e. The maximum absolute atomic E-state index is 13.4. The minimum absolute atomic E-state index is 0.0562.